The molecule has 0 aromatic heterocycles. The Morgan fingerprint density at radius 3 is 2.24 bits per heavy atom. The molecule has 1 aromatic rings. The third-order valence-electron chi connectivity index (χ3n) is 14.5. The molecule has 62 heavy (non-hydrogen) atoms. The van der Waals surface area contributed by atoms with Crippen molar-refractivity contribution in [1.29, 1.82) is 0 Å². The van der Waals surface area contributed by atoms with Crippen molar-refractivity contribution >= 4 is 11.9 Å². The van der Waals surface area contributed by atoms with Gasteiger partial charge in [-0.15, -0.1) is 0 Å². The first-order valence-corrected chi connectivity index (χ1v) is 22.7. The first-order valence-electron chi connectivity index (χ1n) is 22.7. The number of hydrogen-bond donors (Lipinski definition) is 4. The van der Waals surface area contributed by atoms with E-state index in [1.54, 1.807) is 27.9 Å². The lowest BCUT2D eigenvalue weighted by Crippen LogP contribution is -2.61. The van der Waals surface area contributed by atoms with Gasteiger partial charge in [-0.25, -0.2) is 0 Å². The van der Waals surface area contributed by atoms with E-state index in [9.17, 15) is 24.9 Å². The van der Waals surface area contributed by atoms with Crippen molar-refractivity contribution in [2.45, 2.75) is 192 Å². The summed E-state index contributed by atoms with van der Waals surface area (Å²) < 4.78 is 51.1. The largest absolute Gasteiger partial charge is 0.461 e. The highest BCUT2D eigenvalue weighted by Gasteiger charge is 2.67. The molecular weight excluding hydrogens is 801 g/mol. The molecule has 4 N–H and O–H groups in total. The fraction of sp³-hybridized carbons (Fsp3) is 0.830. The van der Waals surface area contributed by atoms with Gasteiger partial charge in [-0.1, -0.05) is 51.1 Å². The van der Waals surface area contributed by atoms with Crippen molar-refractivity contribution in [2.75, 3.05) is 34.4 Å². The van der Waals surface area contributed by atoms with Crippen LogP contribution in [-0.2, 0) is 54.1 Å². The highest BCUT2D eigenvalue weighted by molar-refractivity contribution is 5.73. The molecular formula is C47H78N2O13. The predicted molar refractivity (Wildman–Crippen MR) is 231 cm³/mol. The molecule has 0 radical (unpaired) electrons. The van der Waals surface area contributed by atoms with Crippen LogP contribution in [0, 0.1) is 23.7 Å². The maximum absolute atomic E-state index is 14.5. The second-order valence-electron chi connectivity index (χ2n) is 19.8. The maximum atomic E-state index is 14.5. The molecule has 15 heteroatoms. The van der Waals surface area contributed by atoms with Crippen LogP contribution in [0.4, 0.5) is 0 Å². The fourth-order valence-corrected chi connectivity index (χ4v) is 10.4. The Kier molecular flexibility index (Phi) is 16.8. The van der Waals surface area contributed by atoms with Gasteiger partial charge in [0.25, 0.3) is 0 Å². The highest BCUT2D eigenvalue weighted by atomic mass is 16.7. The van der Waals surface area contributed by atoms with Crippen LogP contribution in [0.3, 0.4) is 0 Å². The molecule has 18 atom stereocenters. The van der Waals surface area contributed by atoms with E-state index in [2.05, 4.69) is 10.2 Å². The van der Waals surface area contributed by atoms with Crippen LogP contribution in [0.15, 0.2) is 30.3 Å². The summed E-state index contributed by atoms with van der Waals surface area (Å²) in [6.07, 6.45) is -5.61. The Balaban J connectivity index is 1.56. The molecule has 4 fully saturated rings. The predicted octanol–water partition coefficient (Wildman–Crippen LogP) is 4.36. The number of benzene rings is 1. The summed E-state index contributed by atoms with van der Waals surface area (Å²) in [6, 6.07) is 9.03. The van der Waals surface area contributed by atoms with Crippen molar-refractivity contribution in [3.05, 3.63) is 35.9 Å². The van der Waals surface area contributed by atoms with Crippen molar-refractivity contribution in [3.8, 4) is 0 Å². The Labute approximate surface area is 369 Å². The second-order valence-corrected chi connectivity index (χ2v) is 19.8. The SMILES string of the molecule is CC[C@H]1OC(=O)C(C)[C@H](OC2C[C@@](C)(OC)[C@@]3(CO3)[C@H](C)O2)[C@H](C)[C@@H](O[C@@H]2O[C@H](C)C[C@H](N(C)C)[C@H]2CC(=O)OCc2ccccc2)[C@@](C)(O)C[C@@H](C)NC[C@H](C)[C@@H](O)[C@]1(C)O. The second kappa shape index (κ2) is 20.5. The number of hydrogen-bond acceptors (Lipinski definition) is 15. The van der Waals surface area contributed by atoms with E-state index in [0.29, 0.717) is 19.6 Å². The fourth-order valence-electron chi connectivity index (χ4n) is 10.4. The van der Waals surface area contributed by atoms with Gasteiger partial charge >= 0.3 is 11.9 Å². The van der Waals surface area contributed by atoms with Crippen LogP contribution in [0.2, 0.25) is 0 Å². The third kappa shape index (κ3) is 11.2. The maximum Gasteiger partial charge on any atom is 0.311 e. The summed E-state index contributed by atoms with van der Waals surface area (Å²) in [5.41, 5.74) is -3.94. The highest BCUT2D eigenvalue weighted by Crippen LogP contribution is 2.51. The van der Waals surface area contributed by atoms with Gasteiger partial charge in [0, 0.05) is 44.0 Å². The van der Waals surface area contributed by atoms with Gasteiger partial charge in [-0.05, 0) is 93.3 Å². The van der Waals surface area contributed by atoms with Crippen molar-refractivity contribution < 1.29 is 62.8 Å². The zero-order chi connectivity index (χ0) is 45.9. The molecule has 1 aromatic carbocycles. The van der Waals surface area contributed by atoms with Crippen LogP contribution < -0.4 is 5.32 Å². The quantitative estimate of drug-likeness (QED) is 0.181. The number of methoxy groups -OCH3 is 1. The third-order valence-corrected chi connectivity index (χ3v) is 14.5. The number of cyclic esters (lactones) is 1. The minimum Gasteiger partial charge on any atom is -0.461 e. The van der Waals surface area contributed by atoms with E-state index in [4.69, 9.17) is 37.9 Å². The number of nitrogens with zero attached hydrogens (tertiary/aromatic N) is 1. The first-order chi connectivity index (χ1) is 29.0. The number of nitrogens with one attached hydrogen (secondary N) is 1. The number of carbonyl (C=O) groups is 2. The number of epoxide rings is 1. The standard InChI is InChI=1S/C47H78N2O13/c1-14-36-46(10,54)40(51)27(2)24-48-28(3)22-44(8,53)41(30(5)39(31(6)42(52)60-36)61-38-23-45(9,55-13)47(26-57-47)32(7)59-38)62-43-34(35(49(11)12)20-29(4)58-43)21-37(50)56-25-33-18-16-15-17-19-33/h15-19,27-32,34-36,38-41,43,48,51,53-54H,14,20-26H2,1-13H3/t27-,28+,29+,30-,31?,32-,34+,35-,36+,38?,39+,40+,41+,43-,44-,45+,46+,47+/m0/s1. The molecule has 15 nitrogen and oxygen atoms in total. The number of aliphatic hydroxyl groups is 3. The van der Waals surface area contributed by atoms with Gasteiger partial charge in [0.1, 0.15) is 29.5 Å². The molecule has 4 heterocycles. The van der Waals surface area contributed by atoms with Crippen LogP contribution in [0.1, 0.15) is 107 Å². The van der Waals surface area contributed by atoms with Crippen LogP contribution in [-0.4, -0.2) is 150 Å². The minimum atomic E-state index is -1.79. The van der Waals surface area contributed by atoms with Crippen molar-refractivity contribution in [3.63, 3.8) is 0 Å². The van der Waals surface area contributed by atoms with Crippen molar-refractivity contribution in [2.24, 2.45) is 23.7 Å². The van der Waals surface area contributed by atoms with Gasteiger partial charge in [0.05, 0.1) is 55.1 Å². The van der Waals surface area contributed by atoms with Crippen LogP contribution >= 0.6 is 0 Å². The number of rotatable bonds is 11. The summed E-state index contributed by atoms with van der Waals surface area (Å²) in [6.45, 7) is 19.0. The molecule has 4 saturated heterocycles. The smallest absolute Gasteiger partial charge is 0.311 e. The summed E-state index contributed by atoms with van der Waals surface area (Å²) in [7, 11) is 5.56. The van der Waals surface area contributed by atoms with Gasteiger partial charge < -0.3 is 63.4 Å². The average molecular weight is 879 g/mol. The molecule has 0 aliphatic carbocycles. The van der Waals surface area contributed by atoms with Crippen LogP contribution in [0.25, 0.3) is 0 Å². The summed E-state index contributed by atoms with van der Waals surface area (Å²) in [4.78, 5) is 30.2. The molecule has 0 amide bonds. The van der Waals surface area contributed by atoms with E-state index < -0.39 is 101 Å². The van der Waals surface area contributed by atoms with Gasteiger partial charge in [0.2, 0.25) is 0 Å². The van der Waals surface area contributed by atoms with Crippen molar-refractivity contribution in [1.82, 2.24) is 10.2 Å². The number of ether oxygens (including phenoxy) is 8. The lowest BCUT2D eigenvalue weighted by molar-refractivity contribution is -0.310. The van der Waals surface area contributed by atoms with Gasteiger partial charge in [-0.2, -0.15) is 0 Å². The van der Waals surface area contributed by atoms with E-state index in [0.717, 1.165) is 5.56 Å². The zero-order valence-electron chi connectivity index (χ0n) is 39.5. The molecule has 0 saturated carbocycles. The number of esters is 2. The first kappa shape index (κ1) is 50.7. The molecule has 5 rings (SSSR count). The molecule has 4 aliphatic rings. The summed E-state index contributed by atoms with van der Waals surface area (Å²) in [5.74, 6) is -3.79. The average Bonchev–Trinajstić information content (AvgIpc) is 4.04. The van der Waals surface area contributed by atoms with E-state index >= 15 is 0 Å². The van der Waals surface area contributed by atoms with Gasteiger partial charge in [-0.3, -0.25) is 9.59 Å². The molecule has 1 spiro atoms. The topological polar surface area (TPSA) is 187 Å². The number of aliphatic hydroxyl groups excluding tert-OH is 1. The van der Waals surface area contributed by atoms with E-state index in [-0.39, 0.29) is 50.5 Å². The normalized spacial score (nSPS) is 44.9. The molecule has 0 bridgehead atoms. The lowest BCUT2D eigenvalue weighted by atomic mass is 9.78. The Hall–Kier alpha value is -2.28. The van der Waals surface area contributed by atoms with E-state index in [1.807, 2.05) is 86.0 Å². The lowest BCUT2D eigenvalue weighted by Gasteiger charge is -2.49. The Morgan fingerprint density at radius 2 is 1.65 bits per heavy atom. The zero-order valence-corrected chi connectivity index (χ0v) is 39.5. The molecule has 354 valence electrons. The van der Waals surface area contributed by atoms with Crippen LogP contribution in [0.5, 0.6) is 0 Å². The summed E-state index contributed by atoms with van der Waals surface area (Å²) >= 11 is 0. The Morgan fingerprint density at radius 1 is 0.984 bits per heavy atom. The monoisotopic (exact) mass is 879 g/mol. The minimum absolute atomic E-state index is 0.0112. The van der Waals surface area contributed by atoms with Gasteiger partial charge in [0.15, 0.2) is 12.6 Å². The Bertz CT molecular complexity index is 1610. The number of carbonyl (C=O) groups excluding carboxylic acids is 2. The molecule has 2 unspecified atom stereocenters. The van der Waals surface area contributed by atoms with E-state index in [1.165, 1.54) is 6.92 Å². The molecule has 4 aliphatic heterocycles. The summed E-state index contributed by atoms with van der Waals surface area (Å²) in [5, 5.41) is 39.6.